The van der Waals surface area contributed by atoms with Crippen LogP contribution in [0.15, 0.2) is 46.0 Å². The molecule has 4 rings (SSSR count). The van der Waals surface area contributed by atoms with E-state index < -0.39 is 36.0 Å². The summed E-state index contributed by atoms with van der Waals surface area (Å²) in [5.41, 5.74) is 1.06. The van der Waals surface area contributed by atoms with Crippen molar-refractivity contribution in [1.29, 1.82) is 0 Å². The Morgan fingerprint density at radius 1 is 1.39 bits per heavy atom. The molecule has 192 valence electrons. The Kier molecular flexibility index (Phi) is 8.32. The molecule has 1 saturated heterocycles. The smallest absolute Gasteiger partial charge is 0.338 e. The summed E-state index contributed by atoms with van der Waals surface area (Å²) in [5.74, 6) is -1.67. The van der Waals surface area contributed by atoms with Gasteiger partial charge >= 0.3 is 11.9 Å². The first-order chi connectivity index (χ1) is 17.3. The zero-order valence-corrected chi connectivity index (χ0v) is 21.0. The van der Waals surface area contributed by atoms with E-state index in [9.17, 15) is 18.4 Å². The molecule has 0 bridgehead atoms. The lowest BCUT2D eigenvalue weighted by atomic mass is 9.92. The average Bonchev–Trinajstić information content (AvgIpc) is 3.36. The number of rotatable bonds is 10. The zero-order chi connectivity index (χ0) is 25.8. The number of benzene rings is 1. The predicted octanol–water partition coefficient (Wildman–Crippen LogP) is 4.12. The van der Waals surface area contributed by atoms with E-state index in [0.29, 0.717) is 34.9 Å². The third-order valence-corrected chi connectivity index (χ3v) is 7.17. The molecule has 0 amide bonds. The van der Waals surface area contributed by atoms with Crippen LogP contribution in [-0.4, -0.2) is 64.7 Å². The van der Waals surface area contributed by atoms with E-state index in [1.165, 1.54) is 23.5 Å². The summed E-state index contributed by atoms with van der Waals surface area (Å²) < 4.78 is 33.5. The number of likely N-dealkylation sites (tertiary alicyclic amines) is 1. The zero-order valence-electron chi connectivity index (χ0n) is 19.4. The summed E-state index contributed by atoms with van der Waals surface area (Å²) >= 11 is 7.72. The molecular weight excluding hydrogens is 514 g/mol. The van der Waals surface area contributed by atoms with Crippen LogP contribution in [0.25, 0.3) is 0 Å². The quantitative estimate of drug-likeness (QED) is 0.438. The SMILES string of the molecule is CCOC(=O)C1=C(CN2CC(F)C2CCCC(=O)O)NC(c2nccs2)=N[C@H]1c1ccc(F)cc1Cl. The maximum atomic E-state index is 14.4. The molecule has 2 N–H and O–H groups in total. The van der Waals surface area contributed by atoms with Gasteiger partial charge in [0.25, 0.3) is 0 Å². The van der Waals surface area contributed by atoms with Crippen molar-refractivity contribution >= 4 is 40.7 Å². The number of nitrogens with one attached hydrogen (secondary N) is 1. The van der Waals surface area contributed by atoms with Gasteiger partial charge in [0.05, 0.1) is 12.2 Å². The molecule has 0 radical (unpaired) electrons. The molecule has 2 unspecified atom stereocenters. The predicted molar refractivity (Wildman–Crippen MR) is 131 cm³/mol. The lowest BCUT2D eigenvalue weighted by molar-refractivity contribution is -0.139. The first kappa shape index (κ1) is 26.2. The maximum absolute atomic E-state index is 14.4. The fraction of sp³-hybridized carbons (Fsp3) is 0.417. The van der Waals surface area contributed by atoms with E-state index in [1.54, 1.807) is 18.5 Å². The van der Waals surface area contributed by atoms with Crippen LogP contribution in [-0.2, 0) is 14.3 Å². The van der Waals surface area contributed by atoms with Crippen molar-refractivity contribution in [1.82, 2.24) is 15.2 Å². The minimum atomic E-state index is -1.09. The number of carboxylic acid groups (broad SMARTS) is 1. The first-order valence-corrected chi connectivity index (χ1v) is 12.7. The van der Waals surface area contributed by atoms with Crippen molar-refractivity contribution in [2.75, 3.05) is 19.7 Å². The molecule has 1 aromatic carbocycles. The topological polar surface area (TPSA) is 104 Å². The number of halogens is 3. The number of hydrogen-bond acceptors (Lipinski definition) is 8. The van der Waals surface area contributed by atoms with Crippen molar-refractivity contribution in [3.63, 3.8) is 0 Å². The Labute approximate surface area is 215 Å². The van der Waals surface area contributed by atoms with Crippen molar-refractivity contribution in [2.24, 2.45) is 4.99 Å². The van der Waals surface area contributed by atoms with Crippen LogP contribution in [0.5, 0.6) is 0 Å². The van der Waals surface area contributed by atoms with Crippen LogP contribution in [0.4, 0.5) is 8.78 Å². The van der Waals surface area contributed by atoms with Gasteiger partial charge in [0.2, 0.25) is 0 Å². The van der Waals surface area contributed by atoms with Gasteiger partial charge in [-0.15, -0.1) is 11.3 Å². The molecule has 1 fully saturated rings. The van der Waals surface area contributed by atoms with E-state index in [4.69, 9.17) is 26.4 Å². The summed E-state index contributed by atoms with van der Waals surface area (Å²) in [7, 11) is 0. The highest BCUT2D eigenvalue weighted by Gasteiger charge is 2.41. The van der Waals surface area contributed by atoms with E-state index in [0.717, 1.165) is 6.07 Å². The molecule has 0 aliphatic carbocycles. The summed E-state index contributed by atoms with van der Waals surface area (Å²) in [6, 6.07) is 2.49. The van der Waals surface area contributed by atoms with Gasteiger partial charge < -0.3 is 15.2 Å². The fourth-order valence-electron chi connectivity index (χ4n) is 4.35. The minimum absolute atomic E-state index is 0.0436. The number of carbonyl (C=O) groups excluding carboxylic acids is 1. The summed E-state index contributed by atoms with van der Waals surface area (Å²) in [5, 5.41) is 14.6. The largest absolute Gasteiger partial charge is 0.481 e. The molecule has 2 aliphatic rings. The van der Waals surface area contributed by atoms with Crippen molar-refractivity contribution < 1.29 is 28.2 Å². The standard InChI is InChI=1S/C24H25ClF2N4O4S/c1-2-35-24(34)20-17(12-31-11-16(27)18(31)4-3-5-19(32)33)29-22(23-28-8-9-36-23)30-21(20)14-7-6-13(26)10-15(14)25/h6-10,16,18,21H,2-5,11-12H2,1H3,(H,29,30)(H,32,33)/t16?,18?,21-/m0/s1. The highest BCUT2D eigenvalue weighted by Crippen LogP contribution is 2.38. The molecule has 1 aromatic heterocycles. The van der Waals surface area contributed by atoms with Gasteiger partial charge in [-0.25, -0.2) is 18.6 Å². The number of alkyl halides is 1. The summed E-state index contributed by atoms with van der Waals surface area (Å²) in [4.78, 5) is 34.9. The van der Waals surface area contributed by atoms with Crippen molar-refractivity contribution in [3.8, 4) is 0 Å². The Hall–Kier alpha value is -2.89. The average molecular weight is 539 g/mol. The van der Waals surface area contributed by atoms with Gasteiger partial charge in [-0.2, -0.15) is 0 Å². The van der Waals surface area contributed by atoms with Gasteiger partial charge in [0, 0.05) is 53.4 Å². The first-order valence-electron chi connectivity index (χ1n) is 11.5. The monoisotopic (exact) mass is 538 g/mol. The van der Waals surface area contributed by atoms with Gasteiger partial charge in [-0.1, -0.05) is 17.7 Å². The molecule has 36 heavy (non-hydrogen) atoms. The van der Waals surface area contributed by atoms with Crippen molar-refractivity contribution in [2.45, 2.75) is 44.4 Å². The Morgan fingerprint density at radius 2 is 2.19 bits per heavy atom. The van der Waals surface area contributed by atoms with E-state index in [2.05, 4.69) is 10.3 Å². The van der Waals surface area contributed by atoms with Crippen LogP contribution in [0.1, 0.15) is 42.8 Å². The molecule has 3 heterocycles. The fourth-order valence-corrected chi connectivity index (χ4v) is 5.21. The van der Waals surface area contributed by atoms with Crippen LogP contribution in [0.3, 0.4) is 0 Å². The minimum Gasteiger partial charge on any atom is -0.481 e. The van der Waals surface area contributed by atoms with E-state index in [1.807, 2.05) is 4.90 Å². The van der Waals surface area contributed by atoms with Crippen LogP contribution in [0, 0.1) is 5.82 Å². The van der Waals surface area contributed by atoms with Gasteiger partial charge in [0.1, 0.15) is 18.0 Å². The number of aromatic nitrogens is 1. The number of esters is 1. The van der Waals surface area contributed by atoms with Gasteiger partial charge in [-0.3, -0.25) is 14.7 Å². The second kappa shape index (κ2) is 11.4. The number of thiazole rings is 1. The molecule has 2 aliphatic heterocycles. The molecule has 0 spiro atoms. The third-order valence-electron chi connectivity index (χ3n) is 6.06. The molecule has 3 atom stereocenters. The van der Waals surface area contributed by atoms with Crippen LogP contribution < -0.4 is 5.32 Å². The number of carboxylic acids is 1. The highest BCUT2D eigenvalue weighted by atomic mass is 35.5. The highest BCUT2D eigenvalue weighted by molar-refractivity contribution is 7.11. The summed E-state index contributed by atoms with van der Waals surface area (Å²) in [6.45, 7) is 2.12. The number of hydrogen-bond donors (Lipinski definition) is 2. The molecule has 12 heteroatoms. The van der Waals surface area contributed by atoms with Gasteiger partial charge in [-0.05, 0) is 31.9 Å². The number of aliphatic carboxylic acids is 1. The summed E-state index contributed by atoms with van der Waals surface area (Å²) in [6.07, 6.45) is 1.20. The van der Waals surface area contributed by atoms with Crippen molar-refractivity contribution in [3.05, 3.63) is 62.5 Å². The number of nitrogens with zero attached hydrogens (tertiary/aromatic N) is 3. The Bertz CT molecular complexity index is 1190. The number of carbonyl (C=O) groups is 2. The third kappa shape index (κ3) is 5.74. The Morgan fingerprint density at radius 3 is 2.83 bits per heavy atom. The number of amidine groups is 1. The Balaban J connectivity index is 1.72. The second-order valence-electron chi connectivity index (χ2n) is 8.42. The van der Waals surface area contributed by atoms with Crippen LogP contribution in [0.2, 0.25) is 5.02 Å². The normalized spacial score (nSPS) is 22.0. The van der Waals surface area contributed by atoms with E-state index >= 15 is 0 Å². The number of ether oxygens (including phenoxy) is 1. The molecule has 0 saturated carbocycles. The van der Waals surface area contributed by atoms with Crippen LogP contribution >= 0.6 is 22.9 Å². The molecular formula is C24H25ClF2N4O4S. The number of aliphatic imine (C=N–C) groups is 1. The van der Waals surface area contributed by atoms with E-state index in [-0.39, 0.29) is 36.7 Å². The van der Waals surface area contributed by atoms with Gasteiger partial charge in [0.15, 0.2) is 10.8 Å². The lowest BCUT2D eigenvalue weighted by Gasteiger charge is -2.45. The molecule has 8 nitrogen and oxygen atoms in total. The lowest BCUT2D eigenvalue weighted by Crippen LogP contribution is -2.59. The second-order valence-corrected chi connectivity index (χ2v) is 9.72. The maximum Gasteiger partial charge on any atom is 0.338 e. The molecule has 2 aromatic rings.